The number of benzene rings is 2. The lowest BCUT2D eigenvalue weighted by atomic mass is 10.1. The summed E-state index contributed by atoms with van der Waals surface area (Å²) in [6.45, 7) is 3.34. The van der Waals surface area contributed by atoms with Crippen LogP contribution in [0.4, 0.5) is 0 Å². The SMILES string of the molecule is COc1cc(CN=C(N)NCCc2ccccc2)ccc1C. The molecule has 0 atom stereocenters. The summed E-state index contributed by atoms with van der Waals surface area (Å²) in [7, 11) is 1.68. The Labute approximate surface area is 132 Å². The number of aryl methyl sites for hydroxylation is 1. The molecule has 4 heteroatoms. The van der Waals surface area contributed by atoms with Crippen molar-refractivity contribution < 1.29 is 4.74 Å². The molecule has 0 fully saturated rings. The minimum atomic E-state index is 0.468. The molecule has 0 aliphatic rings. The van der Waals surface area contributed by atoms with Crippen LogP contribution in [0.3, 0.4) is 0 Å². The number of hydrogen-bond acceptors (Lipinski definition) is 2. The third-order valence-electron chi connectivity index (χ3n) is 3.47. The average molecular weight is 297 g/mol. The Morgan fingerprint density at radius 3 is 2.64 bits per heavy atom. The van der Waals surface area contributed by atoms with Crippen LogP contribution < -0.4 is 15.8 Å². The molecule has 0 spiro atoms. The molecule has 0 saturated heterocycles. The monoisotopic (exact) mass is 297 g/mol. The van der Waals surface area contributed by atoms with Gasteiger partial charge in [-0.1, -0.05) is 42.5 Å². The van der Waals surface area contributed by atoms with Crippen molar-refractivity contribution in [3.8, 4) is 5.75 Å². The molecule has 0 aliphatic carbocycles. The second-order valence-corrected chi connectivity index (χ2v) is 5.17. The summed E-state index contributed by atoms with van der Waals surface area (Å²) in [5, 5.41) is 3.14. The third kappa shape index (κ3) is 4.81. The number of nitrogens with zero attached hydrogens (tertiary/aromatic N) is 1. The lowest BCUT2D eigenvalue weighted by molar-refractivity contribution is 0.411. The van der Waals surface area contributed by atoms with Crippen molar-refractivity contribution in [3.05, 3.63) is 65.2 Å². The minimum absolute atomic E-state index is 0.468. The molecule has 0 radical (unpaired) electrons. The maximum Gasteiger partial charge on any atom is 0.188 e. The zero-order chi connectivity index (χ0) is 15.8. The molecule has 0 saturated carbocycles. The Morgan fingerprint density at radius 2 is 1.91 bits per heavy atom. The molecule has 0 amide bonds. The van der Waals surface area contributed by atoms with Gasteiger partial charge in [0.15, 0.2) is 5.96 Å². The van der Waals surface area contributed by atoms with Gasteiger partial charge in [0.05, 0.1) is 13.7 Å². The first-order chi connectivity index (χ1) is 10.7. The largest absolute Gasteiger partial charge is 0.496 e. The Bertz CT molecular complexity index is 623. The van der Waals surface area contributed by atoms with Gasteiger partial charge in [0.1, 0.15) is 5.75 Å². The van der Waals surface area contributed by atoms with Crippen LogP contribution >= 0.6 is 0 Å². The summed E-state index contributed by atoms with van der Waals surface area (Å²) in [5.74, 6) is 1.35. The Hall–Kier alpha value is -2.49. The zero-order valence-electron chi connectivity index (χ0n) is 13.2. The summed E-state index contributed by atoms with van der Waals surface area (Å²) in [4.78, 5) is 4.36. The predicted octanol–water partition coefficient (Wildman–Crippen LogP) is 2.65. The molecule has 2 aromatic rings. The topological polar surface area (TPSA) is 59.6 Å². The van der Waals surface area contributed by atoms with E-state index in [0.717, 1.165) is 29.8 Å². The number of hydrogen-bond donors (Lipinski definition) is 2. The minimum Gasteiger partial charge on any atom is -0.496 e. The number of ether oxygens (including phenoxy) is 1. The zero-order valence-corrected chi connectivity index (χ0v) is 13.2. The number of nitrogens with one attached hydrogen (secondary N) is 1. The van der Waals surface area contributed by atoms with Gasteiger partial charge in [-0.25, -0.2) is 4.99 Å². The fourth-order valence-electron chi connectivity index (χ4n) is 2.17. The van der Waals surface area contributed by atoms with E-state index in [1.54, 1.807) is 7.11 Å². The molecule has 4 nitrogen and oxygen atoms in total. The molecular formula is C18H23N3O. The van der Waals surface area contributed by atoms with Gasteiger partial charge in [-0.3, -0.25) is 0 Å². The summed E-state index contributed by atoms with van der Waals surface area (Å²) < 4.78 is 5.31. The second kappa shape index (κ2) is 8.08. The number of rotatable bonds is 6. The molecule has 0 unspecified atom stereocenters. The first-order valence-electron chi connectivity index (χ1n) is 7.40. The number of nitrogens with two attached hydrogens (primary N) is 1. The van der Waals surface area contributed by atoms with Crippen molar-refractivity contribution in [2.24, 2.45) is 10.7 Å². The van der Waals surface area contributed by atoms with Gasteiger partial charge >= 0.3 is 0 Å². The van der Waals surface area contributed by atoms with Crippen LogP contribution in [0.1, 0.15) is 16.7 Å². The van der Waals surface area contributed by atoms with E-state index in [1.165, 1.54) is 5.56 Å². The standard InChI is InChI=1S/C18H23N3O/c1-14-8-9-16(12-17(14)22-2)13-21-18(19)20-11-10-15-6-4-3-5-7-15/h3-9,12H,10-11,13H2,1-2H3,(H3,19,20,21). The van der Waals surface area contributed by atoms with Crippen LogP contribution in [0.2, 0.25) is 0 Å². The summed E-state index contributed by atoms with van der Waals surface area (Å²) in [5.41, 5.74) is 9.37. The first-order valence-corrected chi connectivity index (χ1v) is 7.40. The van der Waals surface area contributed by atoms with E-state index < -0.39 is 0 Å². The lowest BCUT2D eigenvalue weighted by Gasteiger charge is -2.08. The molecule has 2 rings (SSSR count). The van der Waals surface area contributed by atoms with Gasteiger partial charge < -0.3 is 15.8 Å². The molecular weight excluding hydrogens is 274 g/mol. The molecule has 0 heterocycles. The molecule has 116 valence electrons. The van der Waals surface area contributed by atoms with E-state index in [4.69, 9.17) is 10.5 Å². The van der Waals surface area contributed by atoms with Crippen molar-refractivity contribution >= 4 is 5.96 Å². The maximum absolute atomic E-state index is 5.89. The average Bonchev–Trinajstić information content (AvgIpc) is 2.55. The van der Waals surface area contributed by atoms with E-state index >= 15 is 0 Å². The fourth-order valence-corrected chi connectivity index (χ4v) is 2.17. The van der Waals surface area contributed by atoms with Gasteiger partial charge in [0.25, 0.3) is 0 Å². The van der Waals surface area contributed by atoms with E-state index in [0.29, 0.717) is 12.5 Å². The van der Waals surface area contributed by atoms with Crippen molar-refractivity contribution in [1.82, 2.24) is 5.32 Å². The van der Waals surface area contributed by atoms with Crippen molar-refractivity contribution in [3.63, 3.8) is 0 Å². The highest BCUT2D eigenvalue weighted by Gasteiger charge is 2.00. The van der Waals surface area contributed by atoms with Crippen LogP contribution in [-0.4, -0.2) is 19.6 Å². The Balaban J connectivity index is 1.82. The van der Waals surface area contributed by atoms with Gasteiger partial charge in [-0.2, -0.15) is 0 Å². The highest BCUT2D eigenvalue weighted by atomic mass is 16.5. The lowest BCUT2D eigenvalue weighted by Crippen LogP contribution is -2.33. The van der Waals surface area contributed by atoms with Crippen molar-refractivity contribution in [1.29, 1.82) is 0 Å². The predicted molar refractivity (Wildman–Crippen MR) is 91.2 cm³/mol. The van der Waals surface area contributed by atoms with Crippen LogP contribution in [-0.2, 0) is 13.0 Å². The van der Waals surface area contributed by atoms with Crippen LogP contribution in [0.5, 0.6) is 5.75 Å². The highest BCUT2D eigenvalue weighted by Crippen LogP contribution is 2.19. The number of aliphatic imine (C=N–C) groups is 1. The normalized spacial score (nSPS) is 11.3. The van der Waals surface area contributed by atoms with Gasteiger partial charge in [-0.05, 0) is 36.1 Å². The highest BCUT2D eigenvalue weighted by molar-refractivity contribution is 5.77. The van der Waals surface area contributed by atoms with Crippen molar-refractivity contribution in [2.45, 2.75) is 19.9 Å². The van der Waals surface area contributed by atoms with E-state index in [9.17, 15) is 0 Å². The van der Waals surface area contributed by atoms with E-state index in [-0.39, 0.29) is 0 Å². The smallest absolute Gasteiger partial charge is 0.188 e. The molecule has 2 aromatic carbocycles. The van der Waals surface area contributed by atoms with Crippen LogP contribution in [0.25, 0.3) is 0 Å². The third-order valence-corrected chi connectivity index (χ3v) is 3.47. The molecule has 0 aliphatic heterocycles. The quantitative estimate of drug-likeness (QED) is 0.636. The second-order valence-electron chi connectivity index (χ2n) is 5.17. The van der Waals surface area contributed by atoms with Crippen LogP contribution in [0.15, 0.2) is 53.5 Å². The summed E-state index contributed by atoms with van der Waals surface area (Å²) in [6, 6.07) is 16.4. The molecule has 22 heavy (non-hydrogen) atoms. The maximum atomic E-state index is 5.89. The molecule has 0 aromatic heterocycles. The Kier molecular flexibility index (Phi) is 5.83. The Morgan fingerprint density at radius 1 is 1.14 bits per heavy atom. The fraction of sp³-hybridized carbons (Fsp3) is 0.278. The molecule has 0 bridgehead atoms. The van der Waals surface area contributed by atoms with E-state index in [2.05, 4.69) is 22.4 Å². The first kappa shape index (κ1) is 15.9. The number of methoxy groups -OCH3 is 1. The number of guanidine groups is 1. The van der Waals surface area contributed by atoms with Gasteiger partial charge in [-0.15, -0.1) is 0 Å². The summed E-state index contributed by atoms with van der Waals surface area (Å²) in [6.07, 6.45) is 0.926. The van der Waals surface area contributed by atoms with Gasteiger partial charge in [0.2, 0.25) is 0 Å². The van der Waals surface area contributed by atoms with Gasteiger partial charge in [0, 0.05) is 6.54 Å². The summed E-state index contributed by atoms with van der Waals surface area (Å²) >= 11 is 0. The van der Waals surface area contributed by atoms with Crippen molar-refractivity contribution in [2.75, 3.05) is 13.7 Å². The van der Waals surface area contributed by atoms with E-state index in [1.807, 2.05) is 43.3 Å². The van der Waals surface area contributed by atoms with Crippen LogP contribution in [0, 0.1) is 6.92 Å². The molecule has 3 N–H and O–H groups in total.